The van der Waals surface area contributed by atoms with E-state index in [9.17, 15) is 9.59 Å². The van der Waals surface area contributed by atoms with Crippen LogP contribution in [0.4, 0.5) is 0 Å². The zero-order valence-corrected chi connectivity index (χ0v) is 10.5. The lowest BCUT2D eigenvalue weighted by Crippen LogP contribution is -2.44. The highest BCUT2D eigenvalue weighted by Gasteiger charge is 2.19. The van der Waals surface area contributed by atoms with Crippen LogP contribution in [-0.2, 0) is 20.7 Å². The van der Waals surface area contributed by atoms with Gasteiger partial charge in [0.15, 0.2) is 6.04 Å². The Labute approximate surface area is 106 Å². The van der Waals surface area contributed by atoms with E-state index < -0.39 is 12.0 Å². The van der Waals surface area contributed by atoms with Gasteiger partial charge < -0.3 is 15.2 Å². The number of amides is 1. The number of benzene rings is 1. The number of methoxy groups -OCH3 is 1. The Morgan fingerprint density at radius 1 is 1.44 bits per heavy atom. The Kier molecular flexibility index (Phi) is 5.32. The second kappa shape index (κ2) is 6.76. The van der Waals surface area contributed by atoms with Gasteiger partial charge in [-0.3, -0.25) is 4.79 Å². The smallest absolute Gasteiger partial charge is 0.328 e. The van der Waals surface area contributed by atoms with E-state index in [-0.39, 0.29) is 18.9 Å². The predicted molar refractivity (Wildman–Crippen MR) is 66.3 cm³/mol. The Hall–Kier alpha value is -1.88. The minimum Gasteiger partial charge on any atom is -0.480 e. The minimum absolute atomic E-state index is 0.0467. The van der Waals surface area contributed by atoms with E-state index in [1.54, 1.807) is 0 Å². The van der Waals surface area contributed by atoms with Crippen LogP contribution in [0.2, 0.25) is 0 Å². The summed E-state index contributed by atoms with van der Waals surface area (Å²) in [4.78, 5) is 22.5. The van der Waals surface area contributed by atoms with E-state index in [1.807, 2.05) is 31.2 Å². The van der Waals surface area contributed by atoms with Crippen LogP contribution in [0.1, 0.15) is 11.1 Å². The highest BCUT2D eigenvalue weighted by atomic mass is 16.5. The van der Waals surface area contributed by atoms with Crippen molar-refractivity contribution in [1.29, 1.82) is 0 Å². The van der Waals surface area contributed by atoms with E-state index >= 15 is 0 Å². The molecule has 0 saturated heterocycles. The molecular formula is C13H17NO4. The second-order valence-corrected chi connectivity index (χ2v) is 4.08. The fourth-order valence-corrected chi connectivity index (χ4v) is 1.59. The molecule has 0 aromatic heterocycles. The monoisotopic (exact) mass is 251 g/mol. The van der Waals surface area contributed by atoms with Crippen LogP contribution in [0.25, 0.3) is 0 Å². The molecule has 0 aliphatic heterocycles. The molecule has 0 aliphatic carbocycles. The fourth-order valence-electron chi connectivity index (χ4n) is 1.59. The maximum atomic E-state index is 11.7. The van der Waals surface area contributed by atoms with Gasteiger partial charge in [0.05, 0.1) is 13.0 Å². The summed E-state index contributed by atoms with van der Waals surface area (Å²) in [6, 6.07) is 6.52. The summed E-state index contributed by atoms with van der Waals surface area (Å²) in [5.41, 5.74) is 1.92. The molecule has 1 atom stereocenters. The van der Waals surface area contributed by atoms with Gasteiger partial charge in [-0.2, -0.15) is 0 Å². The van der Waals surface area contributed by atoms with Gasteiger partial charge in [0.2, 0.25) is 5.91 Å². The van der Waals surface area contributed by atoms with Crippen molar-refractivity contribution in [2.45, 2.75) is 19.4 Å². The van der Waals surface area contributed by atoms with Crippen LogP contribution in [0.5, 0.6) is 0 Å². The van der Waals surface area contributed by atoms with E-state index in [0.29, 0.717) is 0 Å². The molecule has 0 aliphatic rings. The number of ether oxygens (including phenoxy) is 1. The van der Waals surface area contributed by atoms with Gasteiger partial charge in [-0.1, -0.05) is 29.8 Å². The Morgan fingerprint density at radius 3 is 2.72 bits per heavy atom. The van der Waals surface area contributed by atoms with Gasteiger partial charge in [0.25, 0.3) is 0 Å². The molecule has 1 rings (SSSR count). The van der Waals surface area contributed by atoms with Crippen LogP contribution in [0.15, 0.2) is 24.3 Å². The highest BCUT2D eigenvalue weighted by molar-refractivity contribution is 5.84. The van der Waals surface area contributed by atoms with Crippen LogP contribution >= 0.6 is 0 Å². The summed E-state index contributed by atoms with van der Waals surface area (Å²) >= 11 is 0. The van der Waals surface area contributed by atoms with E-state index in [4.69, 9.17) is 9.84 Å². The first-order valence-electron chi connectivity index (χ1n) is 5.59. The van der Waals surface area contributed by atoms with E-state index in [1.165, 1.54) is 7.11 Å². The van der Waals surface area contributed by atoms with Gasteiger partial charge in [0, 0.05) is 7.11 Å². The largest absolute Gasteiger partial charge is 0.480 e. The normalized spacial score (nSPS) is 11.9. The molecule has 0 bridgehead atoms. The van der Waals surface area contributed by atoms with Crippen LogP contribution in [0.3, 0.4) is 0 Å². The second-order valence-electron chi connectivity index (χ2n) is 4.08. The van der Waals surface area contributed by atoms with Gasteiger partial charge >= 0.3 is 5.97 Å². The summed E-state index contributed by atoms with van der Waals surface area (Å²) in [7, 11) is 1.39. The van der Waals surface area contributed by atoms with Gasteiger partial charge in [-0.15, -0.1) is 0 Å². The number of carbonyl (C=O) groups excluding carboxylic acids is 1. The van der Waals surface area contributed by atoms with Crippen molar-refractivity contribution in [3.05, 3.63) is 35.4 Å². The predicted octanol–water partition coefficient (Wildman–Crippen LogP) is 0.753. The topological polar surface area (TPSA) is 75.6 Å². The lowest BCUT2D eigenvalue weighted by Gasteiger charge is -2.13. The molecule has 0 spiro atoms. The number of rotatable bonds is 6. The molecule has 2 N–H and O–H groups in total. The molecule has 0 saturated carbocycles. The van der Waals surface area contributed by atoms with E-state index in [2.05, 4.69) is 5.32 Å². The highest BCUT2D eigenvalue weighted by Crippen LogP contribution is 2.04. The standard InChI is InChI=1S/C13H17NO4/c1-9-4-3-5-10(6-9)7-12(15)14-11(8-18-2)13(16)17/h3-6,11H,7-8H2,1-2H3,(H,14,15)(H,16,17). The molecule has 5 heteroatoms. The molecule has 18 heavy (non-hydrogen) atoms. The Balaban J connectivity index is 2.57. The lowest BCUT2D eigenvalue weighted by atomic mass is 10.1. The third-order valence-corrected chi connectivity index (χ3v) is 2.41. The SMILES string of the molecule is COCC(NC(=O)Cc1cccc(C)c1)C(=O)O. The summed E-state index contributed by atoms with van der Waals surface area (Å²) < 4.78 is 4.74. The van der Waals surface area contributed by atoms with Gasteiger partial charge in [0.1, 0.15) is 0 Å². The summed E-state index contributed by atoms with van der Waals surface area (Å²) in [6.07, 6.45) is 0.162. The molecule has 5 nitrogen and oxygen atoms in total. The van der Waals surface area contributed by atoms with Crippen molar-refractivity contribution >= 4 is 11.9 Å². The third-order valence-electron chi connectivity index (χ3n) is 2.41. The fraction of sp³-hybridized carbons (Fsp3) is 0.385. The lowest BCUT2D eigenvalue weighted by molar-refractivity contribution is -0.143. The minimum atomic E-state index is -1.10. The van der Waals surface area contributed by atoms with Gasteiger partial charge in [-0.05, 0) is 12.5 Å². The number of nitrogens with one attached hydrogen (secondary N) is 1. The molecule has 0 fully saturated rings. The van der Waals surface area contributed by atoms with Crippen molar-refractivity contribution < 1.29 is 19.4 Å². The first-order valence-corrected chi connectivity index (χ1v) is 5.59. The van der Waals surface area contributed by atoms with Crippen LogP contribution in [-0.4, -0.2) is 36.7 Å². The molecule has 0 radical (unpaired) electrons. The molecule has 0 heterocycles. The van der Waals surface area contributed by atoms with Crippen molar-refractivity contribution in [2.75, 3.05) is 13.7 Å². The maximum Gasteiger partial charge on any atom is 0.328 e. The summed E-state index contributed by atoms with van der Waals surface area (Å²) in [5, 5.41) is 11.3. The number of carboxylic acid groups (broad SMARTS) is 1. The van der Waals surface area contributed by atoms with Crippen LogP contribution < -0.4 is 5.32 Å². The Morgan fingerprint density at radius 2 is 2.17 bits per heavy atom. The zero-order valence-electron chi connectivity index (χ0n) is 10.5. The first-order chi connectivity index (χ1) is 8.52. The quantitative estimate of drug-likeness (QED) is 0.782. The summed E-state index contributed by atoms with van der Waals surface area (Å²) in [6.45, 7) is 1.89. The number of carboxylic acids is 1. The number of hydrogen-bond acceptors (Lipinski definition) is 3. The number of hydrogen-bond donors (Lipinski definition) is 2. The van der Waals surface area contributed by atoms with Crippen molar-refractivity contribution in [3.63, 3.8) is 0 Å². The van der Waals surface area contributed by atoms with Crippen molar-refractivity contribution in [3.8, 4) is 0 Å². The molecule has 1 aromatic carbocycles. The molecule has 1 unspecified atom stereocenters. The average molecular weight is 251 g/mol. The molecule has 98 valence electrons. The number of carbonyl (C=O) groups is 2. The number of aliphatic carboxylic acids is 1. The van der Waals surface area contributed by atoms with Crippen LogP contribution in [0, 0.1) is 6.92 Å². The molecular weight excluding hydrogens is 234 g/mol. The molecule has 1 amide bonds. The maximum absolute atomic E-state index is 11.7. The van der Waals surface area contributed by atoms with E-state index in [0.717, 1.165) is 11.1 Å². The van der Waals surface area contributed by atoms with Gasteiger partial charge in [-0.25, -0.2) is 4.79 Å². The average Bonchev–Trinajstić information content (AvgIpc) is 2.28. The third kappa shape index (κ3) is 4.55. The first kappa shape index (κ1) is 14.2. The zero-order chi connectivity index (χ0) is 13.5. The number of aryl methyl sites for hydroxylation is 1. The van der Waals surface area contributed by atoms with Crippen molar-refractivity contribution in [1.82, 2.24) is 5.32 Å². The Bertz CT molecular complexity index is 431. The summed E-state index contributed by atoms with van der Waals surface area (Å²) in [5.74, 6) is -1.43. The van der Waals surface area contributed by atoms with Crippen molar-refractivity contribution in [2.24, 2.45) is 0 Å². The molecule has 1 aromatic rings.